The van der Waals surface area contributed by atoms with Gasteiger partial charge in [0, 0.05) is 6.42 Å². The average molecular weight is 183 g/mol. The Labute approximate surface area is 77.4 Å². The molecule has 0 unspecified atom stereocenters. The van der Waals surface area contributed by atoms with Gasteiger partial charge in [-0.2, -0.15) is 0 Å². The number of benzene rings is 1. The zero-order chi connectivity index (χ0) is 9.14. The molecule has 0 N–H and O–H groups in total. The molecule has 12 heavy (non-hydrogen) atoms. The summed E-state index contributed by atoms with van der Waals surface area (Å²) in [4.78, 5) is 10.6. The van der Waals surface area contributed by atoms with E-state index in [2.05, 4.69) is 0 Å². The number of carbonyl (C=O) groups is 1. The second-order valence-electron chi connectivity index (χ2n) is 2.95. The van der Waals surface area contributed by atoms with Gasteiger partial charge in [0.1, 0.15) is 0 Å². The van der Waals surface area contributed by atoms with Crippen LogP contribution in [0.1, 0.15) is 16.7 Å². The molecule has 0 spiro atoms. The number of rotatable bonds is 2. The van der Waals surface area contributed by atoms with E-state index in [4.69, 9.17) is 11.6 Å². The zero-order valence-corrected chi connectivity index (χ0v) is 7.98. The maximum atomic E-state index is 10.6. The van der Waals surface area contributed by atoms with Gasteiger partial charge >= 0.3 is 0 Å². The predicted molar refractivity (Wildman–Crippen MR) is 50.5 cm³/mol. The van der Waals surface area contributed by atoms with Crippen LogP contribution < -0.4 is 0 Å². The molecule has 0 amide bonds. The molecule has 0 atom stereocenters. The van der Waals surface area contributed by atoms with Gasteiger partial charge < -0.3 is 0 Å². The minimum atomic E-state index is -0.307. The third-order valence-corrected chi connectivity index (χ3v) is 2.05. The van der Waals surface area contributed by atoms with Gasteiger partial charge in [0.15, 0.2) is 0 Å². The first-order valence-corrected chi connectivity index (χ1v) is 4.22. The average Bonchev–Trinajstić information content (AvgIpc) is 1.96. The minimum absolute atomic E-state index is 0.307. The van der Waals surface area contributed by atoms with Gasteiger partial charge in [-0.3, -0.25) is 4.79 Å². The molecule has 0 saturated carbocycles. The fourth-order valence-corrected chi connectivity index (χ4v) is 1.23. The first-order valence-electron chi connectivity index (χ1n) is 3.84. The van der Waals surface area contributed by atoms with Crippen molar-refractivity contribution in [2.24, 2.45) is 0 Å². The Morgan fingerprint density at radius 2 is 2.00 bits per heavy atom. The molecule has 1 rings (SSSR count). The third kappa shape index (κ3) is 2.35. The zero-order valence-electron chi connectivity index (χ0n) is 7.23. The lowest BCUT2D eigenvalue weighted by atomic mass is 10.1. The summed E-state index contributed by atoms with van der Waals surface area (Å²) in [7, 11) is 0. The van der Waals surface area contributed by atoms with Crippen LogP contribution in [0, 0.1) is 13.8 Å². The quantitative estimate of drug-likeness (QED) is 0.643. The lowest BCUT2D eigenvalue weighted by molar-refractivity contribution is -0.111. The summed E-state index contributed by atoms with van der Waals surface area (Å²) < 4.78 is 0. The fourth-order valence-electron chi connectivity index (χ4n) is 1.07. The molecule has 0 bridgehead atoms. The summed E-state index contributed by atoms with van der Waals surface area (Å²) in [5.41, 5.74) is 3.42. The summed E-state index contributed by atoms with van der Waals surface area (Å²) in [5.74, 6) is 0. The van der Waals surface area contributed by atoms with Crippen LogP contribution in [-0.4, -0.2) is 5.24 Å². The van der Waals surface area contributed by atoms with Crippen LogP contribution in [0.5, 0.6) is 0 Å². The second kappa shape index (κ2) is 3.72. The van der Waals surface area contributed by atoms with Crippen molar-refractivity contribution < 1.29 is 4.79 Å². The Morgan fingerprint density at radius 3 is 2.50 bits per heavy atom. The van der Waals surface area contributed by atoms with E-state index in [1.54, 1.807) is 0 Å². The number of hydrogen-bond acceptors (Lipinski definition) is 1. The third-order valence-electron chi connectivity index (χ3n) is 1.91. The Balaban J connectivity index is 2.89. The van der Waals surface area contributed by atoms with Crippen LogP contribution in [0.3, 0.4) is 0 Å². The van der Waals surface area contributed by atoms with Crippen molar-refractivity contribution in [3.63, 3.8) is 0 Å². The monoisotopic (exact) mass is 182 g/mol. The molecular weight excluding hydrogens is 172 g/mol. The molecule has 0 saturated heterocycles. The maximum Gasteiger partial charge on any atom is 0.226 e. The van der Waals surface area contributed by atoms with Gasteiger partial charge in [0.2, 0.25) is 5.24 Å². The molecule has 0 fully saturated rings. The van der Waals surface area contributed by atoms with Crippen LogP contribution in [0.2, 0.25) is 0 Å². The number of carbonyl (C=O) groups excluding carboxylic acids is 1. The van der Waals surface area contributed by atoms with E-state index in [1.165, 1.54) is 11.1 Å². The smallest absolute Gasteiger partial charge is 0.226 e. The standard InChI is InChI=1S/C10H11ClO/c1-7-3-4-9(5-8(7)2)6-10(11)12/h3-5H,6H2,1-2H3. The van der Waals surface area contributed by atoms with Gasteiger partial charge in [-0.15, -0.1) is 0 Å². The second-order valence-corrected chi connectivity index (χ2v) is 3.37. The first kappa shape index (κ1) is 9.27. The van der Waals surface area contributed by atoms with Crippen molar-refractivity contribution in [1.29, 1.82) is 0 Å². The van der Waals surface area contributed by atoms with Gasteiger partial charge in [-0.05, 0) is 42.1 Å². The lowest BCUT2D eigenvalue weighted by Crippen LogP contribution is -1.94. The highest BCUT2D eigenvalue weighted by Crippen LogP contribution is 2.10. The summed E-state index contributed by atoms with van der Waals surface area (Å²) in [6, 6.07) is 5.93. The van der Waals surface area contributed by atoms with Crippen LogP contribution in [0.25, 0.3) is 0 Å². The molecule has 2 heteroatoms. The van der Waals surface area contributed by atoms with Crippen molar-refractivity contribution in [3.8, 4) is 0 Å². The van der Waals surface area contributed by atoms with E-state index in [9.17, 15) is 4.79 Å². The van der Waals surface area contributed by atoms with Crippen molar-refractivity contribution in [2.45, 2.75) is 20.3 Å². The molecule has 1 aromatic rings. The molecule has 1 aromatic carbocycles. The Bertz CT molecular complexity index is 305. The summed E-state index contributed by atoms with van der Waals surface area (Å²) in [6.07, 6.45) is 0.322. The Morgan fingerprint density at radius 1 is 1.33 bits per heavy atom. The van der Waals surface area contributed by atoms with Crippen molar-refractivity contribution in [1.82, 2.24) is 0 Å². The molecular formula is C10H11ClO. The summed E-state index contributed by atoms with van der Waals surface area (Å²) in [6.45, 7) is 4.07. The predicted octanol–water partition coefficient (Wildman–Crippen LogP) is 2.61. The van der Waals surface area contributed by atoms with Gasteiger partial charge in [-0.25, -0.2) is 0 Å². The number of hydrogen-bond donors (Lipinski definition) is 0. The van der Waals surface area contributed by atoms with Crippen LogP contribution in [0.4, 0.5) is 0 Å². The van der Waals surface area contributed by atoms with Crippen molar-refractivity contribution in [2.75, 3.05) is 0 Å². The van der Waals surface area contributed by atoms with Crippen LogP contribution in [-0.2, 0) is 11.2 Å². The highest BCUT2D eigenvalue weighted by molar-refractivity contribution is 6.63. The number of halogens is 1. The van der Waals surface area contributed by atoms with Crippen LogP contribution in [0.15, 0.2) is 18.2 Å². The van der Waals surface area contributed by atoms with E-state index < -0.39 is 0 Å². The summed E-state index contributed by atoms with van der Waals surface area (Å²) in [5, 5.41) is -0.307. The SMILES string of the molecule is Cc1ccc(CC(=O)Cl)cc1C. The van der Waals surface area contributed by atoms with E-state index in [0.29, 0.717) is 6.42 Å². The topological polar surface area (TPSA) is 17.1 Å². The highest BCUT2D eigenvalue weighted by Gasteiger charge is 2.00. The molecule has 0 radical (unpaired) electrons. The van der Waals surface area contributed by atoms with E-state index >= 15 is 0 Å². The molecule has 1 nitrogen and oxygen atoms in total. The molecule has 0 aliphatic carbocycles. The van der Waals surface area contributed by atoms with Gasteiger partial charge in [0.25, 0.3) is 0 Å². The molecule has 0 aliphatic rings. The largest absolute Gasteiger partial charge is 0.281 e. The van der Waals surface area contributed by atoms with E-state index in [-0.39, 0.29) is 5.24 Å². The number of aryl methyl sites for hydroxylation is 2. The van der Waals surface area contributed by atoms with E-state index in [0.717, 1.165) is 5.56 Å². The van der Waals surface area contributed by atoms with E-state index in [1.807, 2.05) is 32.0 Å². The minimum Gasteiger partial charge on any atom is -0.281 e. The molecule has 0 aliphatic heterocycles. The Kier molecular flexibility index (Phi) is 2.88. The maximum absolute atomic E-state index is 10.6. The molecule has 0 heterocycles. The highest BCUT2D eigenvalue weighted by atomic mass is 35.5. The fraction of sp³-hybridized carbons (Fsp3) is 0.300. The van der Waals surface area contributed by atoms with Crippen molar-refractivity contribution >= 4 is 16.8 Å². The summed E-state index contributed by atoms with van der Waals surface area (Å²) >= 11 is 5.27. The molecule has 64 valence electrons. The lowest BCUT2D eigenvalue weighted by Gasteiger charge is -2.01. The van der Waals surface area contributed by atoms with Gasteiger partial charge in [-0.1, -0.05) is 18.2 Å². The van der Waals surface area contributed by atoms with Gasteiger partial charge in [0.05, 0.1) is 0 Å². The van der Waals surface area contributed by atoms with Crippen LogP contribution >= 0.6 is 11.6 Å². The first-order chi connectivity index (χ1) is 5.59. The Hall–Kier alpha value is -0.820. The van der Waals surface area contributed by atoms with Crippen molar-refractivity contribution in [3.05, 3.63) is 34.9 Å². The normalized spacial score (nSPS) is 9.92. The molecule has 0 aromatic heterocycles.